The van der Waals surface area contributed by atoms with E-state index in [4.69, 9.17) is 16.3 Å². The van der Waals surface area contributed by atoms with E-state index in [0.717, 1.165) is 11.9 Å². The van der Waals surface area contributed by atoms with Gasteiger partial charge in [-0.2, -0.15) is 0 Å². The molecule has 10 heteroatoms. The lowest BCUT2D eigenvalue weighted by molar-refractivity contribution is -0.139. The van der Waals surface area contributed by atoms with E-state index in [1.54, 1.807) is 58.4 Å². The molecule has 2 fully saturated rings. The van der Waals surface area contributed by atoms with Crippen LogP contribution in [0.3, 0.4) is 0 Å². The van der Waals surface area contributed by atoms with E-state index in [-0.39, 0.29) is 54.5 Å². The third kappa shape index (κ3) is 5.46. The number of benzene rings is 2. The van der Waals surface area contributed by atoms with Crippen LogP contribution in [0.4, 0.5) is 4.39 Å². The summed E-state index contributed by atoms with van der Waals surface area (Å²) in [7, 11) is 0. The maximum Gasteiger partial charge on any atom is 0.243 e. The Hall–Kier alpha value is -4.11. The van der Waals surface area contributed by atoms with Gasteiger partial charge in [0.2, 0.25) is 5.91 Å². The lowest BCUT2D eigenvalue weighted by Gasteiger charge is -2.27. The fourth-order valence-corrected chi connectivity index (χ4v) is 6.02. The average molecular weight is 575 g/mol. The number of amides is 1. The van der Waals surface area contributed by atoms with Gasteiger partial charge in [0.15, 0.2) is 17.4 Å². The Morgan fingerprint density at radius 3 is 2.68 bits per heavy atom. The number of likely N-dealkylation sites (tertiary alicyclic amines) is 1. The molecule has 2 aromatic heterocycles. The van der Waals surface area contributed by atoms with E-state index >= 15 is 0 Å². The zero-order valence-corrected chi connectivity index (χ0v) is 23.2. The molecule has 1 aliphatic carbocycles. The van der Waals surface area contributed by atoms with E-state index in [2.05, 4.69) is 9.97 Å². The van der Waals surface area contributed by atoms with Gasteiger partial charge >= 0.3 is 0 Å². The monoisotopic (exact) mass is 574 g/mol. The van der Waals surface area contributed by atoms with Gasteiger partial charge in [0.05, 0.1) is 11.1 Å². The van der Waals surface area contributed by atoms with Crippen LogP contribution in [0.2, 0.25) is 5.02 Å². The summed E-state index contributed by atoms with van der Waals surface area (Å²) in [6, 6.07) is 11.4. The van der Waals surface area contributed by atoms with E-state index in [1.165, 1.54) is 13.0 Å². The van der Waals surface area contributed by atoms with E-state index in [0.29, 0.717) is 40.4 Å². The van der Waals surface area contributed by atoms with Crippen molar-refractivity contribution in [3.8, 4) is 5.75 Å². The van der Waals surface area contributed by atoms with Crippen LogP contribution < -0.4 is 4.74 Å². The minimum Gasteiger partial charge on any atom is -0.486 e. The van der Waals surface area contributed by atoms with E-state index in [1.807, 2.05) is 6.07 Å². The van der Waals surface area contributed by atoms with Crippen molar-refractivity contribution in [2.75, 3.05) is 0 Å². The molecule has 4 aromatic rings. The quantitative estimate of drug-likeness (QED) is 0.242. The smallest absolute Gasteiger partial charge is 0.243 e. The van der Waals surface area contributed by atoms with Gasteiger partial charge in [-0.15, -0.1) is 0 Å². The molecule has 1 saturated carbocycles. The molecule has 0 spiro atoms. The van der Waals surface area contributed by atoms with Gasteiger partial charge in [-0.3, -0.25) is 14.4 Å². The summed E-state index contributed by atoms with van der Waals surface area (Å²) in [5.41, 5.74) is 1.59. The van der Waals surface area contributed by atoms with E-state index < -0.39 is 11.9 Å². The first-order valence-electron chi connectivity index (χ1n) is 13.6. The molecule has 0 N–H and O–H groups in total. The largest absolute Gasteiger partial charge is 0.486 e. The van der Waals surface area contributed by atoms with Crippen molar-refractivity contribution in [2.24, 2.45) is 5.92 Å². The number of fused-ring (bicyclic) bond motifs is 2. The minimum absolute atomic E-state index is 0.00222. The number of aryl methyl sites for hydroxylation is 1. The van der Waals surface area contributed by atoms with Crippen LogP contribution >= 0.6 is 11.6 Å². The number of ether oxygens (including phenoxy) is 1. The highest BCUT2D eigenvalue weighted by Gasteiger charge is 2.55. The summed E-state index contributed by atoms with van der Waals surface area (Å²) in [5.74, 6) is 0.526. The number of piperidine rings is 1. The van der Waals surface area contributed by atoms with E-state index in [9.17, 15) is 18.8 Å². The van der Waals surface area contributed by atoms with Crippen LogP contribution in [0.5, 0.6) is 5.75 Å². The molecule has 2 aromatic carbocycles. The first kappa shape index (κ1) is 27.1. The van der Waals surface area contributed by atoms with Crippen molar-refractivity contribution in [1.82, 2.24) is 19.4 Å². The highest BCUT2D eigenvalue weighted by Crippen LogP contribution is 2.48. The predicted octanol–water partition coefficient (Wildman–Crippen LogP) is 5.20. The summed E-state index contributed by atoms with van der Waals surface area (Å²) >= 11 is 5.89. The number of halogens is 2. The third-order valence-corrected chi connectivity index (χ3v) is 8.25. The summed E-state index contributed by atoms with van der Waals surface area (Å²) in [6.07, 6.45) is 6.84. The Labute approximate surface area is 241 Å². The Balaban J connectivity index is 1.18. The second kappa shape index (κ2) is 11.0. The lowest BCUT2D eigenvalue weighted by atomic mass is 10.00. The Morgan fingerprint density at radius 1 is 1.10 bits per heavy atom. The van der Waals surface area contributed by atoms with Gasteiger partial charge in [0, 0.05) is 47.5 Å². The molecule has 0 unspecified atom stereocenters. The van der Waals surface area contributed by atoms with Crippen LogP contribution in [0.15, 0.2) is 61.1 Å². The fraction of sp³-hybridized carbons (Fsp3) is 0.323. The Kier molecular flexibility index (Phi) is 7.30. The lowest BCUT2D eigenvalue weighted by Crippen LogP contribution is -2.44. The zero-order chi connectivity index (χ0) is 28.7. The van der Waals surface area contributed by atoms with Crippen LogP contribution in [0.25, 0.3) is 10.9 Å². The number of carbonyl (C=O) groups is 3. The van der Waals surface area contributed by atoms with Crippen LogP contribution in [-0.2, 0) is 29.2 Å². The van der Waals surface area contributed by atoms with Gasteiger partial charge in [-0.25, -0.2) is 14.4 Å². The van der Waals surface area contributed by atoms with Crippen LogP contribution in [0.1, 0.15) is 47.9 Å². The van der Waals surface area contributed by atoms with Crippen molar-refractivity contribution in [1.29, 1.82) is 0 Å². The molecule has 2 aliphatic rings. The minimum atomic E-state index is -0.525. The standard InChI is InChI=1S/C31H28ClFN4O4/c1-18(38)23-15-36(25-8-7-21(14-22(23)25)41-17-29-34-10-3-11-35-29)16-30(40)37-26-12-20(26)13-27(37)28(39)9-6-19-4-2-5-24(32)31(19)33/h2-5,7-8,10-11,14-15,20,26-27H,6,9,12-13,16-17H2,1H3/t20-,26-,27+/m1/s1. The highest BCUT2D eigenvalue weighted by molar-refractivity contribution is 6.30. The molecule has 6 rings (SSSR count). The van der Waals surface area contributed by atoms with Crippen molar-refractivity contribution in [2.45, 2.75) is 57.8 Å². The zero-order valence-electron chi connectivity index (χ0n) is 22.4. The maximum absolute atomic E-state index is 14.3. The van der Waals surface area contributed by atoms with Crippen molar-refractivity contribution >= 4 is 40.0 Å². The number of nitrogens with zero attached hydrogens (tertiary/aromatic N) is 4. The molecule has 210 valence electrons. The van der Waals surface area contributed by atoms with Gasteiger partial charge in [0.25, 0.3) is 0 Å². The predicted molar refractivity (Wildman–Crippen MR) is 150 cm³/mol. The van der Waals surface area contributed by atoms with Crippen molar-refractivity contribution in [3.63, 3.8) is 0 Å². The molecule has 0 bridgehead atoms. The average Bonchev–Trinajstić information content (AvgIpc) is 3.48. The summed E-state index contributed by atoms with van der Waals surface area (Å²) in [4.78, 5) is 49.4. The number of hydrogen-bond acceptors (Lipinski definition) is 6. The molecule has 0 radical (unpaired) electrons. The van der Waals surface area contributed by atoms with Crippen LogP contribution in [-0.4, -0.2) is 49.0 Å². The molecule has 1 saturated heterocycles. The molecular formula is C31H28ClFN4O4. The van der Waals surface area contributed by atoms with Gasteiger partial charge < -0.3 is 14.2 Å². The molecular weight excluding hydrogens is 547 g/mol. The third-order valence-electron chi connectivity index (χ3n) is 7.96. The SMILES string of the molecule is CC(=O)c1cn(CC(=O)N2[C@@H]3C[C@@H]3C[C@H]2C(=O)CCc2cccc(Cl)c2F)c2ccc(OCc3ncccn3)cc12. The van der Waals surface area contributed by atoms with Crippen molar-refractivity contribution < 1.29 is 23.5 Å². The number of ketones is 2. The Bertz CT molecular complexity index is 1660. The van der Waals surface area contributed by atoms with Crippen LogP contribution in [0, 0.1) is 11.7 Å². The second-order valence-corrected chi connectivity index (χ2v) is 11.1. The van der Waals surface area contributed by atoms with Gasteiger partial charge in [-0.1, -0.05) is 23.7 Å². The first-order chi connectivity index (χ1) is 19.8. The van der Waals surface area contributed by atoms with Gasteiger partial charge in [0.1, 0.15) is 24.7 Å². The summed E-state index contributed by atoms with van der Waals surface area (Å²) < 4.78 is 21.9. The number of aromatic nitrogens is 3. The number of Topliss-reactive ketones (excluding diaryl/α,β-unsaturated/α-hetero) is 2. The normalized spacial score (nSPS) is 19.3. The fourth-order valence-electron chi connectivity index (χ4n) is 5.83. The topological polar surface area (TPSA) is 94.4 Å². The molecule has 3 heterocycles. The molecule has 8 nitrogen and oxygen atoms in total. The van der Waals surface area contributed by atoms with Crippen molar-refractivity contribution in [3.05, 3.63) is 88.8 Å². The number of rotatable bonds is 10. The molecule has 3 atom stereocenters. The Morgan fingerprint density at radius 2 is 1.90 bits per heavy atom. The molecule has 1 amide bonds. The highest BCUT2D eigenvalue weighted by atomic mass is 35.5. The first-order valence-corrected chi connectivity index (χ1v) is 14.0. The summed E-state index contributed by atoms with van der Waals surface area (Å²) in [5, 5.41) is 0.709. The molecule has 1 aliphatic heterocycles. The van der Waals surface area contributed by atoms with Gasteiger partial charge in [-0.05, 0) is 68.0 Å². The number of carbonyl (C=O) groups excluding carboxylic acids is 3. The summed E-state index contributed by atoms with van der Waals surface area (Å²) in [6.45, 7) is 1.66. The molecule has 41 heavy (non-hydrogen) atoms. The maximum atomic E-state index is 14.3. The number of hydrogen-bond donors (Lipinski definition) is 0. The second-order valence-electron chi connectivity index (χ2n) is 10.7.